The van der Waals surface area contributed by atoms with Gasteiger partial charge in [0.05, 0.1) is 11.4 Å². The number of carbonyl (C=O) groups is 1. The van der Waals surface area contributed by atoms with E-state index in [4.69, 9.17) is 4.74 Å². The molecular weight excluding hydrogens is 454 g/mol. The van der Waals surface area contributed by atoms with Crippen LogP contribution in [0.2, 0.25) is 0 Å². The van der Waals surface area contributed by atoms with Gasteiger partial charge in [0.15, 0.2) is 11.4 Å². The molecule has 178 valence electrons. The van der Waals surface area contributed by atoms with Crippen molar-refractivity contribution in [2.75, 3.05) is 6.54 Å². The Morgan fingerprint density at radius 1 is 0.971 bits per heavy atom. The summed E-state index contributed by atoms with van der Waals surface area (Å²) >= 11 is 0. The van der Waals surface area contributed by atoms with Gasteiger partial charge >= 0.3 is 0 Å². The molecule has 1 aliphatic rings. The highest BCUT2D eigenvalue weighted by atomic mass is 32.2. The van der Waals surface area contributed by atoms with Crippen LogP contribution in [0.15, 0.2) is 76.4 Å². The molecule has 8 nitrogen and oxygen atoms in total. The fraction of sp³-hybridized carbons (Fsp3) is 0.280. The minimum absolute atomic E-state index is 0.0196. The van der Waals surface area contributed by atoms with Crippen LogP contribution >= 0.6 is 0 Å². The van der Waals surface area contributed by atoms with Crippen molar-refractivity contribution in [2.45, 2.75) is 44.5 Å². The average molecular weight is 482 g/mol. The van der Waals surface area contributed by atoms with Crippen LogP contribution in [0.3, 0.4) is 0 Å². The van der Waals surface area contributed by atoms with E-state index in [9.17, 15) is 18.0 Å². The second kappa shape index (κ2) is 9.82. The summed E-state index contributed by atoms with van der Waals surface area (Å²) in [5.41, 5.74) is 0.958. The zero-order chi connectivity index (χ0) is 24.3. The van der Waals surface area contributed by atoms with Gasteiger partial charge in [-0.15, -0.1) is 0 Å². The lowest BCUT2D eigenvalue weighted by Gasteiger charge is -2.35. The molecule has 0 spiro atoms. The molecule has 0 unspecified atom stereocenters. The highest BCUT2D eigenvalue weighted by Gasteiger charge is 2.32. The summed E-state index contributed by atoms with van der Waals surface area (Å²) in [6, 6.07) is 18.7. The fourth-order valence-corrected chi connectivity index (χ4v) is 4.97. The van der Waals surface area contributed by atoms with Gasteiger partial charge in [-0.05, 0) is 31.5 Å². The molecule has 3 aromatic rings. The molecule has 2 heterocycles. The third-order valence-corrected chi connectivity index (χ3v) is 7.14. The first-order chi connectivity index (χ1) is 16.3. The lowest BCUT2D eigenvalue weighted by atomic mass is 10.1. The highest BCUT2D eigenvalue weighted by molar-refractivity contribution is 7.89. The number of hydrogen-bond donors (Lipinski definition) is 1. The highest BCUT2D eigenvalue weighted by Crippen LogP contribution is 2.25. The van der Waals surface area contributed by atoms with E-state index in [1.807, 2.05) is 44.2 Å². The Hall–Kier alpha value is -3.43. The van der Waals surface area contributed by atoms with Crippen molar-refractivity contribution in [3.05, 3.63) is 93.9 Å². The Balaban J connectivity index is 1.69. The molecule has 0 radical (unpaired) electrons. The molecule has 1 amide bonds. The van der Waals surface area contributed by atoms with E-state index in [1.165, 1.54) is 18.2 Å². The lowest BCUT2D eigenvalue weighted by Crippen LogP contribution is -2.46. The van der Waals surface area contributed by atoms with Crippen molar-refractivity contribution >= 4 is 15.9 Å². The quantitative estimate of drug-likeness (QED) is 0.534. The fourth-order valence-electron chi connectivity index (χ4n) is 3.95. The predicted molar refractivity (Wildman–Crippen MR) is 128 cm³/mol. The Morgan fingerprint density at radius 3 is 2.26 bits per heavy atom. The number of aromatic nitrogens is 1. The number of fused-ring (bicyclic) bond motifs is 1. The maximum atomic E-state index is 13.4. The van der Waals surface area contributed by atoms with Crippen LogP contribution < -0.4 is 14.9 Å². The first-order valence-electron chi connectivity index (χ1n) is 11.1. The van der Waals surface area contributed by atoms with Crippen molar-refractivity contribution in [2.24, 2.45) is 0 Å². The molecule has 2 aromatic carbocycles. The molecule has 0 atom stereocenters. The predicted octanol–water partition coefficient (Wildman–Crippen LogP) is 2.77. The summed E-state index contributed by atoms with van der Waals surface area (Å²) in [5.74, 6) is -0.331. The molecule has 0 aliphatic carbocycles. The first-order valence-corrected chi connectivity index (χ1v) is 12.6. The molecule has 9 heteroatoms. The number of rotatable bonds is 8. The van der Waals surface area contributed by atoms with E-state index in [2.05, 4.69) is 4.72 Å². The number of pyridine rings is 1. The lowest BCUT2D eigenvalue weighted by molar-refractivity contribution is 0.0636. The van der Waals surface area contributed by atoms with E-state index >= 15 is 0 Å². The van der Waals surface area contributed by atoms with Gasteiger partial charge < -0.3 is 14.2 Å². The molecule has 1 N–H and O–H groups in total. The normalized spacial score (nSPS) is 13.7. The van der Waals surface area contributed by atoms with Crippen molar-refractivity contribution < 1.29 is 17.9 Å². The Morgan fingerprint density at radius 2 is 1.62 bits per heavy atom. The summed E-state index contributed by atoms with van der Waals surface area (Å²) in [6.45, 7) is 4.69. The smallest absolute Gasteiger partial charge is 0.274 e. The molecule has 0 fully saturated rings. The van der Waals surface area contributed by atoms with E-state index in [0.29, 0.717) is 18.8 Å². The summed E-state index contributed by atoms with van der Waals surface area (Å²) in [5, 5.41) is 0. The number of sulfonamides is 1. The van der Waals surface area contributed by atoms with Crippen molar-refractivity contribution in [3.8, 4) is 5.75 Å². The second-order valence-corrected chi connectivity index (χ2v) is 10.1. The van der Waals surface area contributed by atoms with Crippen LogP contribution in [-0.4, -0.2) is 36.4 Å². The third-order valence-electron chi connectivity index (χ3n) is 5.73. The van der Waals surface area contributed by atoms with Gasteiger partial charge in [-0.2, -0.15) is 0 Å². The molecule has 0 saturated heterocycles. The first kappa shape index (κ1) is 23.7. The zero-order valence-corrected chi connectivity index (χ0v) is 19.9. The topological polar surface area (TPSA) is 97.7 Å². The zero-order valence-electron chi connectivity index (χ0n) is 19.1. The second-order valence-electron chi connectivity index (χ2n) is 8.33. The summed E-state index contributed by atoms with van der Waals surface area (Å²) < 4.78 is 35.5. The Labute approximate surface area is 198 Å². The van der Waals surface area contributed by atoms with Gasteiger partial charge in [0.25, 0.3) is 5.91 Å². The number of carbonyl (C=O) groups excluding carboxylic acids is 1. The number of benzene rings is 2. The van der Waals surface area contributed by atoms with Crippen LogP contribution in [0.1, 0.15) is 35.6 Å². The van der Waals surface area contributed by atoms with Crippen molar-refractivity contribution in [3.63, 3.8) is 0 Å². The van der Waals surface area contributed by atoms with Crippen molar-refractivity contribution in [1.29, 1.82) is 0 Å². The minimum Gasteiger partial charge on any atom is -0.483 e. The molecule has 0 bridgehead atoms. The van der Waals surface area contributed by atoms with Crippen molar-refractivity contribution in [1.82, 2.24) is 14.2 Å². The number of nitrogens with one attached hydrogen (secondary N) is 1. The summed E-state index contributed by atoms with van der Waals surface area (Å²) in [7, 11) is -3.78. The van der Waals surface area contributed by atoms with Crippen LogP contribution in [0.5, 0.6) is 5.75 Å². The maximum Gasteiger partial charge on any atom is 0.274 e. The Kier molecular flexibility index (Phi) is 6.85. The molecule has 0 saturated carbocycles. The SMILES string of the molecule is CC(C)N1CCn2c(CNS(=O)(=O)c3ccccc3)cc(=O)c(OCc3ccccc3)c2C1=O. The van der Waals surface area contributed by atoms with Gasteiger partial charge in [-0.1, -0.05) is 48.5 Å². The van der Waals surface area contributed by atoms with Crippen LogP contribution in [0.25, 0.3) is 0 Å². The number of ether oxygens (including phenoxy) is 1. The Bertz CT molecular complexity index is 1340. The van der Waals surface area contributed by atoms with E-state index < -0.39 is 15.5 Å². The number of hydrogen-bond acceptors (Lipinski definition) is 5. The molecule has 1 aromatic heterocycles. The van der Waals surface area contributed by atoms with Gasteiger partial charge in [-0.3, -0.25) is 9.59 Å². The van der Waals surface area contributed by atoms with Crippen LogP contribution in [0.4, 0.5) is 0 Å². The molecular formula is C25H27N3O5S. The number of nitrogens with zero attached hydrogens (tertiary/aromatic N) is 2. The third kappa shape index (κ3) is 4.90. The van der Waals surface area contributed by atoms with Gasteiger partial charge in [-0.25, -0.2) is 13.1 Å². The van der Waals surface area contributed by atoms with Gasteiger partial charge in [0.1, 0.15) is 6.61 Å². The standard InChI is InChI=1S/C25H27N3O5S/c1-18(2)27-13-14-28-20(16-26-34(31,32)21-11-7-4-8-12-21)15-22(29)24(23(28)25(27)30)33-17-19-9-5-3-6-10-19/h3-12,15,18,26H,13-14,16-17H2,1-2H3. The summed E-state index contributed by atoms with van der Waals surface area (Å²) in [4.78, 5) is 28.2. The average Bonchev–Trinajstić information content (AvgIpc) is 2.83. The molecule has 34 heavy (non-hydrogen) atoms. The summed E-state index contributed by atoms with van der Waals surface area (Å²) in [6.07, 6.45) is 0. The van der Waals surface area contributed by atoms with E-state index in [-0.39, 0.29) is 41.4 Å². The maximum absolute atomic E-state index is 13.4. The van der Waals surface area contributed by atoms with E-state index in [0.717, 1.165) is 5.56 Å². The van der Waals surface area contributed by atoms with Crippen LogP contribution in [-0.2, 0) is 29.7 Å². The largest absolute Gasteiger partial charge is 0.483 e. The monoisotopic (exact) mass is 481 g/mol. The van der Waals surface area contributed by atoms with E-state index in [1.54, 1.807) is 27.7 Å². The minimum atomic E-state index is -3.78. The number of amides is 1. The molecule has 4 rings (SSSR count). The molecule has 1 aliphatic heterocycles. The van der Waals surface area contributed by atoms with Gasteiger partial charge in [0.2, 0.25) is 15.5 Å². The van der Waals surface area contributed by atoms with Crippen LogP contribution in [0, 0.1) is 0 Å². The van der Waals surface area contributed by atoms with Gasteiger partial charge in [0, 0.05) is 30.9 Å².